The van der Waals surface area contributed by atoms with Crippen molar-refractivity contribution < 1.29 is 4.79 Å². The number of rotatable bonds is 4. The quantitative estimate of drug-likeness (QED) is 0.829. The molecule has 1 heterocycles. The number of hydrogen-bond acceptors (Lipinski definition) is 2. The minimum Gasteiger partial charge on any atom is -0.340 e. The number of carbonyl (C=O) groups excluding carboxylic acids is 1. The lowest BCUT2D eigenvalue weighted by Gasteiger charge is -2.34. The molecule has 1 aromatic carbocycles. The Morgan fingerprint density at radius 3 is 2.37 bits per heavy atom. The molecule has 19 heavy (non-hydrogen) atoms. The van der Waals surface area contributed by atoms with Gasteiger partial charge in [0.25, 0.3) is 0 Å². The SMILES string of the molecule is CCN1CCN(C(=O)CC(C)c2ccccc2)CC1. The smallest absolute Gasteiger partial charge is 0.223 e. The minimum absolute atomic E-state index is 0.298. The molecule has 3 nitrogen and oxygen atoms in total. The van der Waals surface area contributed by atoms with E-state index < -0.39 is 0 Å². The van der Waals surface area contributed by atoms with Crippen LogP contribution in [0.1, 0.15) is 31.7 Å². The van der Waals surface area contributed by atoms with E-state index in [0.29, 0.717) is 18.2 Å². The Balaban J connectivity index is 1.84. The predicted octanol–water partition coefficient (Wildman–Crippen LogP) is 2.34. The van der Waals surface area contributed by atoms with Crippen LogP contribution in [0.15, 0.2) is 30.3 Å². The van der Waals surface area contributed by atoms with E-state index in [2.05, 4.69) is 30.9 Å². The molecule has 1 unspecified atom stereocenters. The molecule has 0 radical (unpaired) electrons. The molecule has 1 atom stereocenters. The zero-order chi connectivity index (χ0) is 13.7. The molecule has 0 aromatic heterocycles. The summed E-state index contributed by atoms with van der Waals surface area (Å²) in [6, 6.07) is 10.3. The lowest BCUT2D eigenvalue weighted by atomic mass is 9.97. The van der Waals surface area contributed by atoms with Crippen molar-refractivity contribution in [1.82, 2.24) is 9.80 Å². The number of hydrogen-bond donors (Lipinski definition) is 0. The summed E-state index contributed by atoms with van der Waals surface area (Å²) >= 11 is 0. The number of likely N-dealkylation sites (N-methyl/N-ethyl adjacent to an activating group) is 1. The lowest BCUT2D eigenvalue weighted by molar-refractivity contribution is -0.133. The van der Waals surface area contributed by atoms with Crippen LogP contribution < -0.4 is 0 Å². The molecule has 0 saturated carbocycles. The summed E-state index contributed by atoms with van der Waals surface area (Å²) in [6.07, 6.45) is 0.621. The molecule has 2 rings (SSSR count). The fraction of sp³-hybridized carbons (Fsp3) is 0.562. The first-order valence-electron chi connectivity index (χ1n) is 7.25. The molecule has 0 N–H and O–H groups in total. The molecule has 0 bridgehead atoms. The molecule has 1 saturated heterocycles. The van der Waals surface area contributed by atoms with Gasteiger partial charge in [0.15, 0.2) is 0 Å². The summed E-state index contributed by atoms with van der Waals surface area (Å²) in [5, 5.41) is 0. The van der Waals surface area contributed by atoms with Crippen molar-refractivity contribution >= 4 is 5.91 Å². The molecular weight excluding hydrogens is 236 g/mol. The van der Waals surface area contributed by atoms with Crippen LogP contribution in [0.5, 0.6) is 0 Å². The summed E-state index contributed by atoms with van der Waals surface area (Å²) in [5.41, 5.74) is 1.25. The molecule has 0 aliphatic carbocycles. The molecule has 1 aromatic rings. The first kappa shape index (κ1) is 14.1. The van der Waals surface area contributed by atoms with E-state index in [4.69, 9.17) is 0 Å². The highest BCUT2D eigenvalue weighted by Gasteiger charge is 2.21. The van der Waals surface area contributed by atoms with E-state index in [1.54, 1.807) is 0 Å². The second kappa shape index (κ2) is 6.71. The number of benzene rings is 1. The number of amides is 1. The highest BCUT2D eigenvalue weighted by Crippen LogP contribution is 2.20. The minimum atomic E-state index is 0.298. The average molecular weight is 260 g/mol. The van der Waals surface area contributed by atoms with Crippen LogP contribution >= 0.6 is 0 Å². The van der Waals surface area contributed by atoms with Gasteiger partial charge in [-0.15, -0.1) is 0 Å². The van der Waals surface area contributed by atoms with E-state index in [-0.39, 0.29) is 0 Å². The van der Waals surface area contributed by atoms with Crippen molar-refractivity contribution in [3.8, 4) is 0 Å². The Bertz CT molecular complexity index is 396. The van der Waals surface area contributed by atoms with Gasteiger partial charge in [-0.1, -0.05) is 44.2 Å². The fourth-order valence-electron chi connectivity index (χ4n) is 2.60. The zero-order valence-corrected chi connectivity index (χ0v) is 12.0. The normalized spacial score (nSPS) is 18.3. The number of carbonyl (C=O) groups is 1. The maximum Gasteiger partial charge on any atom is 0.223 e. The lowest BCUT2D eigenvalue weighted by Crippen LogP contribution is -2.48. The molecule has 3 heteroatoms. The zero-order valence-electron chi connectivity index (χ0n) is 12.0. The fourth-order valence-corrected chi connectivity index (χ4v) is 2.60. The summed E-state index contributed by atoms with van der Waals surface area (Å²) in [4.78, 5) is 16.7. The van der Waals surface area contributed by atoms with Gasteiger partial charge in [0, 0.05) is 32.6 Å². The Labute approximate surface area is 116 Å². The van der Waals surface area contributed by atoms with Crippen molar-refractivity contribution in [2.24, 2.45) is 0 Å². The van der Waals surface area contributed by atoms with E-state index in [0.717, 1.165) is 32.7 Å². The van der Waals surface area contributed by atoms with Crippen LogP contribution in [0.4, 0.5) is 0 Å². The van der Waals surface area contributed by atoms with E-state index in [1.165, 1.54) is 5.56 Å². The molecule has 1 aliphatic heterocycles. The first-order valence-corrected chi connectivity index (χ1v) is 7.25. The Morgan fingerprint density at radius 2 is 1.79 bits per heavy atom. The van der Waals surface area contributed by atoms with Gasteiger partial charge in [-0.3, -0.25) is 4.79 Å². The highest BCUT2D eigenvalue weighted by molar-refractivity contribution is 5.77. The van der Waals surface area contributed by atoms with E-state index in [9.17, 15) is 4.79 Å². The number of piperazine rings is 1. The second-order valence-corrected chi connectivity index (χ2v) is 5.33. The van der Waals surface area contributed by atoms with Crippen LogP contribution in [0, 0.1) is 0 Å². The summed E-state index contributed by atoms with van der Waals surface area (Å²) in [6.45, 7) is 9.19. The third-order valence-electron chi connectivity index (χ3n) is 4.02. The highest BCUT2D eigenvalue weighted by atomic mass is 16.2. The molecule has 104 valence electrons. The van der Waals surface area contributed by atoms with Crippen molar-refractivity contribution in [3.63, 3.8) is 0 Å². The Morgan fingerprint density at radius 1 is 1.16 bits per heavy atom. The van der Waals surface area contributed by atoms with Gasteiger partial charge >= 0.3 is 0 Å². The van der Waals surface area contributed by atoms with Crippen molar-refractivity contribution in [2.75, 3.05) is 32.7 Å². The van der Waals surface area contributed by atoms with E-state index >= 15 is 0 Å². The molecule has 0 spiro atoms. The molecular formula is C16H24N2O. The monoisotopic (exact) mass is 260 g/mol. The van der Waals surface area contributed by atoms with Crippen molar-refractivity contribution in [2.45, 2.75) is 26.2 Å². The molecule has 1 aliphatic rings. The van der Waals surface area contributed by atoms with Crippen LogP contribution in [-0.2, 0) is 4.79 Å². The first-order chi connectivity index (χ1) is 9.20. The average Bonchev–Trinajstić information content (AvgIpc) is 2.48. The van der Waals surface area contributed by atoms with Gasteiger partial charge in [-0.05, 0) is 18.0 Å². The summed E-state index contributed by atoms with van der Waals surface area (Å²) in [7, 11) is 0. The van der Waals surface area contributed by atoms with Gasteiger partial charge in [0.2, 0.25) is 5.91 Å². The summed E-state index contributed by atoms with van der Waals surface area (Å²) in [5.74, 6) is 0.602. The number of nitrogens with zero attached hydrogens (tertiary/aromatic N) is 2. The Hall–Kier alpha value is -1.35. The molecule has 1 amide bonds. The van der Waals surface area contributed by atoms with Crippen molar-refractivity contribution in [1.29, 1.82) is 0 Å². The van der Waals surface area contributed by atoms with Gasteiger partial charge in [-0.25, -0.2) is 0 Å². The van der Waals surface area contributed by atoms with Crippen LogP contribution in [0.25, 0.3) is 0 Å². The standard InChI is InChI=1S/C16H24N2O/c1-3-17-9-11-18(12-10-17)16(19)13-14(2)15-7-5-4-6-8-15/h4-8,14H,3,9-13H2,1-2H3. The topological polar surface area (TPSA) is 23.6 Å². The second-order valence-electron chi connectivity index (χ2n) is 5.33. The predicted molar refractivity (Wildman–Crippen MR) is 78.2 cm³/mol. The van der Waals surface area contributed by atoms with Crippen LogP contribution in [0.3, 0.4) is 0 Å². The third-order valence-corrected chi connectivity index (χ3v) is 4.02. The third kappa shape index (κ3) is 3.80. The van der Waals surface area contributed by atoms with Crippen molar-refractivity contribution in [3.05, 3.63) is 35.9 Å². The van der Waals surface area contributed by atoms with Gasteiger partial charge in [0.05, 0.1) is 0 Å². The maximum absolute atomic E-state index is 12.3. The summed E-state index contributed by atoms with van der Waals surface area (Å²) < 4.78 is 0. The van der Waals surface area contributed by atoms with Gasteiger partial charge < -0.3 is 9.80 Å². The van der Waals surface area contributed by atoms with Gasteiger partial charge in [0.1, 0.15) is 0 Å². The van der Waals surface area contributed by atoms with E-state index in [1.807, 2.05) is 23.1 Å². The molecule has 1 fully saturated rings. The largest absolute Gasteiger partial charge is 0.340 e. The van der Waals surface area contributed by atoms with Crippen LogP contribution in [0.2, 0.25) is 0 Å². The van der Waals surface area contributed by atoms with Crippen LogP contribution in [-0.4, -0.2) is 48.4 Å². The maximum atomic E-state index is 12.3. The Kier molecular flexibility index (Phi) is 4.97. The van der Waals surface area contributed by atoms with Gasteiger partial charge in [-0.2, -0.15) is 0 Å².